The van der Waals surface area contributed by atoms with Crippen molar-refractivity contribution in [3.8, 4) is 0 Å². The second kappa shape index (κ2) is 6.49. The number of rotatable bonds is 7. The van der Waals surface area contributed by atoms with Gasteiger partial charge in [-0.1, -0.05) is 31.9 Å². The predicted molar refractivity (Wildman–Crippen MR) is 63.5 cm³/mol. The van der Waals surface area contributed by atoms with Crippen LogP contribution in [0.5, 0.6) is 0 Å². The van der Waals surface area contributed by atoms with Crippen LogP contribution in [0, 0.1) is 0 Å². The molecule has 0 bridgehead atoms. The molecule has 0 aromatic carbocycles. The SMILES string of the molecule is CCCCc1c(C(F)(F)C(F)(F)F)nnn1CCCC. The number of aryl methyl sites for hydroxylation is 1. The summed E-state index contributed by atoms with van der Waals surface area (Å²) in [6, 6.07) is 0. The monoisotopic (exact) mass is 299 g/mol. The molecule has 0 radical (unpaired) electrons. The second-order valence-corrected chi connectivity index (χ2v) is 4.64. The smallest absolute Gasteiger partial charge is 0.249 e. The van der Waals surface area contributed by atoms with Crippen molar-refractivity contribution in [3.05, 3.63) is 11.4 Å². The topological polar surface area (TPSA) is 30.7 Å². The standard InChI is InChI=1S/C12H18F5N3/c1-3-5-7-9-10(11(13,14)12(15,16)17)18-19-20(9)8-6-4-2/h3-8H2,1-2H3. The Morgan fingerprint density at radius 1 is 1.00 bits per heavy atom. The largest absolute Gasteiger partial charge is 0.459 e. The van der Waals surface area contributed by atoms with Crippen molar-refractivity contribution in [2.45, 2.75) is 64.6 Å². The van der Waals surface area contributed by atoms with E-state index in [1.165, 1.54) is 4.68 Å². The molecule has 3 nitrogen and oxygen atoms in total. The lowest BCUT2D eigenvalue weighted by molar-refractivity contribution is -0.291. The van der Waals surface area contributed by atoms with Crippen LogP contribution in [0.4, 0.5) is 22.0 Å². The van der Waals surface area contributed by atoms with Crippen LogP contribution in [-0.2, 0) is 18.9 Å². The number of aromatic nitrogens is 3. The fraction of sp³-hybridized carbons (Fsp3) is 0.833. The van der Waals surface area contributed by atoms with Gasteiger partial charge in [-0.05, 0) is 19.3 Å². The predicted octanol–water partition coefficient (Wildman–Crippen LogP) is 4.07. The van der Waals surface area contributed by atoms with Crippen molar-refractivity contribution in [2.24, 2.45) is 0 Å². The van der Waals surface area contributed by atoms with Gasteiger partial charge in [-0.2, -0.15) is 22.0 Å². The molecule has 20 heavy (non-hydrogen) atoms. The zero-order valence-corrected chi connectivity index (χ0v) is 11.5. The minimum atomic E-state index is -5.65. The summed E-state index contributed by atoms with van der Waals surface area (Å²) in [5.74, 6) is -4.96. The molecule has 0 N–H and O–H groups in total. The summed E-state index contributed by atoms with van der Waals surface area (Å²) in [6.45, 7) is 4.03. The summed E-state index contributed by atoms with van der Waals surface area (Å²) in [4.78, 5) is 0. The van der Waals surface area contributed by atoms with E-state index < -0.39 is 17.8 Å². The van der Waals surface area contributed by atoms with Gasteiger partial charge >= 0.3 is 12.1 Å². The van der Waals surface area contributed by atoms with E-state index in [1.807, 2.05) is 13.8 Å². The molecule has 0 aliphatic heterocycles. The summed E-state index contributed by atoms with van der Waals surface area (Å²) in [6.07, 6.45) is -2.89. The van der Waals surface area contributed by atoms with Crippen molar-refractivity contribution in [3.63, 3.8) is 0 Å². The fourth-order valence-corrected chi connectivity index (χ4v) is 1.79. The lowest BCUT2D eigenvalue weighted by atomic mass is 10.1. The molecule has 0 aliphatic rings. The average Bonchev–Trinajstić information content (AvgIpc) is 2.75. The maximum Gasteiger partial charge on any atom is 0.459 e. The van der Waals surface area contributed by atoms with Gasteiger partial charge in [-0.25, -0.2) is 4.68 Å². The Bertz CT molecular complexity index is 425. The Balaban J connectivity index is 3.15. The fourth-order valence-electron chi connectivity index (χ4n) is 1.79. The summed E-state index contributed by atoms with van der Waals surface area (Å²) >= 11 is 0. The number of alkyl halides is 5. The molecule has 0 unspecified atom stereocenters. The Labute approximate surface area is 114 Å². The number of hydrogen-bond acceptors (Lipinski definition) is 2. The van der Waals surface area contributed by atoms with Crippen molar-refractivity contribution in [2.75, 3.05) is 0 Å². The maximum atomic E-state index is 13.4. The molecule has 0 fully saturated rings. The second-order valence-electron chi connectivity index (χ2n) is 4.64. The molecule has 8 heteroatoms. The summed E-state index contributed by atoms with van der Waals surface area (Å²) in [7, 11) is 0. The van der Waals surface area contributed by atoms with Gasteiger partial charge in [0.15, 0.2) is 5.69 Å². The average molecular weight is 299 g/mol. The third-order valence-corrected chi connectivity index (χ3v) is 2.98. The van der Waals surface area contributed by atoms with Crippen LogP contribution >= 0.6 is 0 Å². The molecular formula is C12H18F5N3. The van der Waals surface area contributed by atoms with Gasteiger partial charge in [-0.15, -0.1) is 5.10 Å². The van der Waals surface area contributed by atoms with E-state index in [0.29, 0.717) is 25.8 Å². The first-order valence-corrected chi connectivity index (χ1v) is 6.63. The van der Waals surface area contributed by atoms with Gasteiger partial charge in [0.2, 0.25) is 0 Å². The minimum Gasteiger partial charge on any atom is -0.249 e. The van der Waals surface area contributed by atoms with Crippen LogP contribution in [0.25, 0.3) is 0 Å². The molecule has 0 aliphatic carbocycles. The van der Waals surface area contributed by atoms with Crippen LogP contribution in [0.15, 0.2) is 0 Å². The van der Waals surface area contributed by atoms with E-state index in [9.17, 15) is 22.0 Å². The molecule has 0 saturated heterocycles. The zero-order valence-electron chi connectivity index (χ0n) is 11.5. The molecule has 1 aromatic heterocycles. The number of nitrogens with zero attached hydrogens (tertiary/aromatic N) is 3. The summed E-state index contributed by atoms with van der Waals surface area (Å²) in [5, 5.41) is 6.58. The first kappa shape index (κ1) is 16.8. The number of unbranched alkanes of at least 4 members (excludes halogenated alkanes) is 2. The van der Waals surface area contributed by atoms with Crippen LogP contribution in [0.2, 0.25) is 0 Å². The molecule has 116 valence electrons. The van der Waals surface area contributed by atoms with Gasteiger partial charge < -0.3 is 0 Å². The molecule has 1 aromatic rings. The normalized spacial score (nSPS) is 12.9. The Morgan fingerprint density at radius 3 is 2.10 bits per heavy atom. The summed E-state index contributed by atoms with van der Waals surface area (Å²) in [5.41, 5.74) is -1.36. The molecule has 0 spiro atoms. The van der Waals surface area contributed by atoms with Gasteiger partial charge in [0.1, 0.15) is 0 Å². The van der Waals surface area contributed by atoms with Crippen molar-refractivity contribution in [1.82, 2.24) is 15.0 Å². The van der Waals surface area contributed by atoms with Crippen molar-refractivity contribution in [1.29, 1.82) is 0 Å². The van der Waals surface area contributed by atoms with Gasteiger partial charge in [0, 0.05) is 6.54 Å². The van der Waals surface area contributed by atoms with Gasteiger partial charge in [0.25, 0.3) is 0 Å². The van der Waals surface area contributed by atoms with Crippen molar-refractivity contribution >= 4 is 0 Å². The lowest BCUT2D eigenvalue weighted by Crippen LogP contribution is -2.35. The first-order chi connectivity index (χ1) is 9.25. The lowest BCUT2D eigenvalue weighted by Gasteiger charge is -2.18. The molecule has 0 atom stereocenters. The van der Waals surface area contributed by atoms with Crippen LogP contribution in [0.3, 0.4) is 0 Å². The minimum absolute atomic E-state index is 0.109. The van der Waals surface area contributed by atoms with E-state index in [0.717, 1.165) is 6.42 Å². The van der Waals surface area contributed by atoms with E-state index >= 15 is 0 Å². The molecule has 0 saturated carbocycles. The number of hydrogen-bond donors (Lipinski definition) is 0. The Kier molecular flexibility index (Phi) is 5.47. The third kappa shape index (κ3) is 3.46. The van der Waals surface area contributed by atoms with E-state index in [2.05, 4.69) is 10.3 Å². The van der Waals surface area contributed by atoms with Gasteiger partial charge in [-0.3, -0.25) is 0 Å². The third-order valence-electron chi connectivity index (χ3n) is 2.98. The maximum absolute atomic E-state index is 13.4. The van der Waals surface area contributed by atoms with Crippen LogP contribution in [-0.4, -0.2) is 21.2 Å². The number of halogens is 5. The highest BCUT2D eigenvalue weighted by Crippen LogP contribution is 2.44. The Hall–Kier alpha value is -1.21. The quantitative estimate of drug-likeness (QED) is 0.710. The first-order valence-electron chi connectivity index (χ1n) is 6.63. The Morgan fingerprint density at radius 2 is 1.60 bits per heavy atom. The van der Waals surface area contributed by atoms with Crippen LogP contribution in [0.1, 0.15) is 50.9 Å². The molecular weight excluding hydrogens is 281 g/mol. The highest BCUT2D eigenvalue weighted by Gasteiger charge is 2.61. The zero-order chi connectivity index (χ0) is 15.4. The van der Waals surface area contributed by atoms with Crippen LogP contribution < -0.4 is 0 Å². The highest BCUT2D eigenvalue weighted by atomic mass is 19.4. The molecule has 1 heterocycles. The van der Waals surface area contributed by atoms with Crippen molar-refractivity contribution < 1.29 is 22.0 Å². The van der Waals surface area contributed by atoms with Gasteiger partial charge in [0.05, 0.1) is 5.69 Å². The molecule has 0 amide bonds. The molecule has 1 rings (SSSR count). The van der Waals surface area contributed by atoms with E-state index in [4.69, 9.17) is 0 Å². The van der Waals surface area contributed by atoms with E-state index in [1.54, 1.807) is 0 Å². The summed E-state index contributed by atoms with van der Waals surface area (Å²) < 4.78 is 65.4. The van der Waals surface area contributed by atoms with E-state index in [-0.39, 0.29) is 12.1 Å². The highest BCUT2D eigenvalue weighted by molar-refractivity contribution is 5.18.